The van der Waals surface area contributed by atoms with Gasteiger partial charge in [0.25, 0.3) is 0 Å². The van der Waals surface area contributed by atoms with Crippen LogP contribution in [-0.2, 0) is 0 Å². The summed E-state index contributed by atoms with van der Waals surface area (Å²) in [5, 5.41) is 20.7. The summed E-state index contributed by atoms with van der Waals surface area (Å²) in [5.74, 6) is -0.558. The van der Waals surface area contributed by atoms with E-state index in [1.165, 1.54) is 12.4 Å². The first kappa shape index (κ1) is 7.37. The zero-order valence-corrected chi connectivity index (χ0v) is 5.84. The summed E-state index contributed by atoms with van der Waals surface area (Å²) in [6.07, 6.45) is 2.73. The molecule has 0 aromatic rings. The summed E-state index contributed by atoms with van der Waals surface area (Å²) in [6.45, 7) is 0. The number of alkyl halides is 1. The molecule has 0 aromatic heterocycles. The number of halogens is 1. The van der Waals surface area contributed by atoms with Crippen LogP contribution < -0.4 is 5.32 Å². The Bertz CT molecular complexity index is 192. The van der Waals surface area contributed by atoms with Gasteiger partial charge >= 0.3 is 0 Å². The third-order valence-corrected chi connectivity index (χ3v) is 1.54. The van der Waals surface area contributed by atoms with Crippen LogP contribution in [0.1, 0.15) is 0 Å². The van der Waals surface area contributed by atoms with E-state index >= 15 is 0 Å². The van der Waals surface area contributed by atoms with E-state index in [0.29, 0.717) is 0 Å². The van der Waals surface area contributed by atoms with E-state index in [1.54, 1.807) is 0 Å². The Labute approximate surface area is 62.8 Å². The van der Waals surface area contributed by atoms with Crippen molar-refractivity contribution in [3.8, 4) is 0 Å². The standard InChI is InChI=1S/C5H7ClN2O2/c6-3-5(10)4(9)7-1-2-8-5/h1-2,8,10H,3H2,(H,7,9). The monoisotopic (exact) mass is 162 g/mol. The maximum Gasteiger partial charge on any atom is 0.241 e. The van der Waals surface area contributed by atoms with Crippen molar-refractivity contribution in [3.05, 3.63) is 12.4 Å². The summed E-state index contributed by atoms with van der Waals surface area (Å²) < 4.78 is 0. The normalized spacial score (nSPS) is 31.2. The average Bonchev–Trinajstić information content (AvgIpc) is 1.96. The highest BCUT2D eigenvalue weighted by molar-refractivity contribution is 6.20. The van der Waals surface area contributed by atoms with Crippen LogP contribution in [0.4, 0.5) is 0 Å². The van der Waals surface area contributed by atoms with Crippen molar-refractivity contribution < 1.29 is 10.2 Å². The van der Waals surface area contributed by atoms with Crippen LogP contribution in [-0.4, -0.2) is 27.7 Å². The van der Waals surface area contributed by atoms with Gasteiger partial charge in [0.15, 0.2) is 0 Å². The smallest absolute Gasteiger partial charge is 0.241 e. The molecule has 0 spiro atoms. The van der Waals surface area contributed by atoms with Crippen LogP contribution in [0.5, 0.6) is 0 Å². The number of aliphatic imine (C=N–C) groups is 1. The lowest BCUT2D eigenvalue weighted by molar-refractivity contribution is 0.0918. The number of hydrogen-bond donors (Lipinski definition) is 3. The fraction of sp³-hybridized carbons (Fsp3) is 0.400. The molecule has 0 aromatic carbocycles. The van der Waals surface area contributed by atoms with Crippen molar-refractivity contribution in [3.63, 3.8) is 0 Å². The van der Waals surface area contributed by atoms with E-state index < -0.39 is 11.6 Å². The first-order chi connectivity index (χ1) is 4.69. The summed E-state index contributed by atoms with van der Waals surface area (Å²) in [7, 11) is 0. The fourth-order valence-electron chi connectivity index (χ4n) is 0.553. The van der Waals surface area contributed by atoms with Crippen molar-refractivity contribution in [2.75, 3.05) is 5.88 Å². The van der Waals surface area contributed by atoms with Crippen LogP contribution in [0.15, 0.2) is 17.4 Å². The molecule has 0 saturated carbocycles. The zero-order valence-electron chi connectivity index (χ0n) is 5.08. The molecule has 10 heavy (non-hydrogen) atoms. The highest BCUT2D eigenvalue weighted by Crippen LogP contribution is 2.07. The quantitative estimate of drug-likeness (QED) is 0.474. The third kappa shape index (κ3) is 1.08. The van der Waals surface area contributed by atoms with Crippen molar-refractivity contribution in [1.29, 1.82) is 0 Å². The molecule has 56 valence electrons. The van der Waals surface area contributed by atoms with E-state index in [0.717, 1.165) is 0 Å². The minimum atomic E-state index is -1.59. The van der Waals surface area contributed by atoms with Gasteiger partial charge in [-0.25, -0.2) is 4.99 Å². The number of nitrogens with zero attached hydrogens (tertiary/aromatic N) is 1. The second-order valence-electron chi connectivity index (χ2n) is 1.91. The Morgan fingerprint density at radius 1 is 1.80 bits per heavy atom. The lowest BCUT2D eigenvalue weighted by Gasteiger charge is -2.25. The molecule has 1 heterocycles. The van der Waals surface area contributed by atoms with Gasteiger partial charge in [-0.3, -0.25) is 0 Å². The number of hydrogen-bond acceptors (Lipinski definition) is 3. The Morgan fingerprint density at radius 3 is 2.90 bits per heavy atom. The van der Waals surface area contributed by atoms with E-state index in [1.807, 2.05) is 0 Å². The lowest BCUT2D eigenvalue weighted by Crippen LogP contribution is -2.52. The van der Waals surface area contributed by atoms with Crippen LogP contribution in [0, 0.1) is 0 Å². The molecule has 0 aliphatic carbocycles. The second-order valence-corrected chi connectivity index (χ2v) is 2.17. The van der Waals surface area contributed by atoms with Crippen LogP contribution in [0.3, 0.4) is 0 Å². The summed E-state index contributed by atoms with van der Waals surface area (Å²) in [6, 6.07) is 0. The van der Waals surface area contributed by atoms with Crippen LogP contribution >= 0.6 is 11.6 Å². The van der Waals surface area contributed by atoms with E-state index in [2.05, 4.69) is 10.3 Å². The van der Waals surface area contributed by atoms with Gasteiger partial charge in [0, 0.05) is 12.4 Å². The molecule has 3 N–H and O–H groups in total. The van der Waals surface area contributed by atoms with Crippen molar-refractivity contribution in [1.82, 2.24) is 5.32 Å². The van der Waals surface area contributed by atoms with Gasteiger partial charge in [0.05, 0.1) is 5.88 Å². The van der Waals surface area contributed by atoms with Crippen LogP contribution in [0.2, 0.25) is 0 Å². The molecule has 4 nitrogen and oxygen atoms in total. The molecule has 0 amide bonds. The summed E-state index contributed by atoms with van der Waals surface area (Å²) in [5.41, 5.74) is -1.59. The van der Waals surface area contributed by atoms with Crippen molar-refractivity contribution in [2.45, 2.75) is 5.72 Å². The van der Waals surface area contributed by atoms with E-state index in [-0.39, 0.29) is 5.88 Å². The molecular formula is C5H7ClN2O2. The SMILES string of the molecule is OC1=NC=CNC1(O)CCl. The molecular weight excluding hydrogens is 156 g/mol. The van der Waals surface area contributed by atoms with Gasteiger partial charge < -0.3 is 15.5 Å². The Hall–Kier alpha value is -0.740. The molecule has 1 aliphatic rings. The minimum absolute atomic E-state index is 0.146. The Morgan fingerprint density at radius 2 is 2.50 bits per heavy atom. The van der Waals surface area contributed by atoms with Crippen LogP contribution in [0.25, 0.3) is 0 Å². The first-order valence-electron chi connectivity index (χ1n) is 2.67. The fourth-order valence-corrected chi connectivity index (χ4v) is 0.749. The average molecular weight is 163 g/mol. The molecule has 0 fully saturated rings. The zero-order chi connectivity index (χ0) is 7.61. The molecule has 0 bridgehead atoms. The molecule has 1 unspecified atom stereocenters. The number of aliphatic hydroxyl groups excluding tert-OH is 1. The highest BCUT2D eigenvalue weighted by Gasteiger charge is 2.32. The minimum Gasteiger partial charge on any atom is -0.493 e. The molecule has 1 aliphatic heterocycles. The lowest BCUT2D eigenvalue weighted by atomic mass is 10.2. The number of nitrogens with one attached hydrogen (secondary N) is 1. The van der Waals surface area contributed by atoms with Gasteiger partial charge in [-0.2, -0.15) is 0 Å². The molecule has 0 radical (unpaired) electrons. The topological polar surface area (TPSA) is 64.9 Å². The summed E-state index contributed by atoms with van der Waals surface area (Å²) >= 11 is 5.33. The second kappa shape index (κ2) is 2.48. The van der Waals surface area contributed by atoms with Gasteiger partial charge in [0.2, 0.25) is 11.6 Å². The van der Waals surface area contributed by atoms with Gasteiger partial charge in [0.1, 0.15) is 0 Å². The van der Waals surface area contributed by atoms with Gasteiger partial charge in [-0.15, -0.1) is 11.6 Å². The summed E-state index contributed by atoms with van der Waals surface area (Å²) in [4.78, 5) is 3.45. The van der Waals surface area contributed by atoms with Gasteiger partial charge in [-0.1, -0.05) is 0 Å². The van der Waals surface area contributed by atoms with Crippen molar-refractivity contribution in [2.24, 2.45) is 4.99 Å². The largest absolute Gasteiger partial charge is 0.493 e. The van der Waals surface area contributed by atoms with E-state index in [9.17, 15) is 5.11 Å². The highest BCUT2D eigenvalue weighted by atomic mass is 35.5. The Kier molecular flexibility index (Phi) is 1.82. The number of aliphatic hydroxyl groups is 2. The molecule has 1 rings (SSSR count). The number of rotatable bonds is 1. The molecule has 1 atom stereocenters. The van der Waals surface area contributed by atoms with Crippen molar-refractivity contribution >= 4 is 17.5 Å². The Balaban J connectivity index is 2.81. The maximum absolute atomic E-state index is 9.27. The maximum atomic E-state index is 9.27. The first-order valence-corrected chi connectivity index (χ1v) is 3.21. The molecule has 0 saturated heterocycles. The third-order valence-electron chi connectivity index (χ3n) is 1.16. The van der Waals surface area contributed by atoms with E-state index in [4.69, 9.17) is 16.7 Å². The predicted molar refractivity (Wildman–Crippen MR) is 38.0 cm³/mol. The molecule has 5 heteroatoms. The van der Waals surface area contributed by atoms with Gasteiger partial charge in [-0.05, 0) is 0 Å². The predicted octanol–water partition coefficient (Wildman–Crippen LogP) is -0.0553.